The Morgan fingerprint density at radius 3 is 2.43 bits per heavy atom. The number of nitrogens with one attached hydrogen (secondary N) is 1. The van der Waals surface area contributed by atoms with Gasteiger partial charge in [0.15, 0.2) is 0 Å². The molecule has 0 spiro atoms. The van der Waals surface area contributed by atoms with Crippen molar-refractivity contribution in [2.75, 3.05) is 20.1 Å². The molecule has 1 aliphatic rings. The van der Waals surface area contributed by atoms with Gasteiger partial charge in [-0.25, -0.2) is 0 Å². The van der Waals surface area contributed by atoms with E-state index in [-0.39, 0.29) is 12.3 Å². The molecule has 21 heavy (non-hydrogen) atoms. The van der Waals surface area contributed by atoms with Gasteiger partial charge in [0.05, 0.1) is 5.41 Å². The van der Waals surface area contributed by atoms with Gasteiger partial charge in [0, 0.05) is 25.6 Å². The second kappa shape index (κ2) is 8.37. The lowest BCUT2D eigenvalue weighted by atomic mass is 9.71. The van der Waals surface area contributed by atoms with Crippen molar-refractivity contribution in [2.24, 2.45) is 5.41 Å². The first-order valence-corrected chi connectivity index (χ1v) is 8.11. The third-order valence-corrected chi connectivity index (χ3v) is 4.89. The maximum atomic E-state index is 12.0. The molecular weight excluding hydrogens is 268 g/mol. The molecule has 1 fully saturated rings. The van der Waals surface area contributed by atoms with E-state index in [9.17, 15) is 14.7 Å². The van der Waals surface area contributed by atoms with Crippen molar-refractivity contribution in [3.8, 4) is 0 Å². The molecule has 1 atom stereocenters. The van der Waals surface area contributed by atoms with E-state index in [2.05, 4.69) is 24.1 Å². The van der Waals surface area contributed by atoms with Gasteiger partial charge in [0.2, 0.25) is 5.91 Å². The molecule has 1 unspecified atom stereocenters. The van der Waals surface area contributed by atoms with E-state index < -0.39 is 11.4 Å². The standard InChI is InChI=1S/C16H30N2O3/c1-4-13(2)18(3)11-10-17-14(19)12-16(15(20)21)8-6-5-7-9-16/h13H,4-12H2,1-3H3,(H,17,19)(H,20,21). The summed E-state index contributed by atoms with van der Waals surface area (Å²) < 4.78 is 0. The topological polar surface area (TPSA) is 69.6 Å². The highest BCUT2D eigenvalue weighted by molar-refractivity contribution is 5.85. The number of rotatable bonds is 8. The summed E-state index contributed by atoms with van der Waals surface area (Å²) in [6.07, 6.45) is 5.36. The van der Waals surface area contributed by atoms with Crippen LogP contribution in [0.1, 0.15) is 58.8 Å². The highest BCUT2D eigenvalue weighted by atomic mass is 16.4. The van der Waals surface area contributed by atoms with Crippen LogP contribution in [0.2, 0.25) is 0 Å². The zero-order valence-electron chi connectivity index (χ0n) is 13.7. The van der Waals surface area contributed by atoms with E-state index in [0.29, 0.717) is 25.4 Å². The van der Waals surface area contributed by atoms with Crippen LogP contribution in [-0.4, -0.2) is 48.1 Å². The fourth-order valence-corrected chi connectivity index (χ4v) is 2.97. The maximum absolute atomic E-state index is 12.0. The molecule has 0 heterocycles. The molecule has 1 saturated carbocycles. The van der Waals surface area contributed by atoms with E-state index in [1.165, 1.54) is 0 Å². The van der Waals surface area contributed by atoms with Crippen LogP contribution in [0.3, 0.4) is 0 Å². The Morgan fingerprint density at radius 2 is 1.90 bits per heavy atom. The molecule has 0 aromatic rings. The van der Waals surface area contributed by atoms with Crippen LogP contribution in [0.25, 0.3) is 0 Å². The molecule has 122 valence electrons. The smallest absolute Gasteiger partial charge is 0.310 e. The molecule has 0 saturated heterocycles. The summed E-state index contributed by atoms with van der Waals surface area (Å²) in [6, 6.07) is 0.491. The van der Waals surface area contributed by atoms with Gasteiger partial charge in [-0.1, -0.05) is 26.2 Å². The van der Waals surface area contributed by atoms with Gasteiger partial charge >= 0.3 is 5.97 Å². The third-order valence-electron chi connectivity index (χ3n) is 4.89. The van der Waals surface area contributed by atoms with Crippen molar-refractivity contribution in [3.63, 3.8) is 0 Å². The van der Waals surface area contributed by atoms with Crippen molar-refractivity contribution < 1.29 is 14.7 Å². The van der Waals surface area contributed by atoms with Crippen molar-refractivity contribution in [2.45, 2.75) is 64.8 Å². The van der Waals surface area contributed by atoms with Gasteiger partial charge in [-0.3, -0.25) is 9.59 Å². The Balaban J connectivity index is 2.39. The van der Waals surface area contributed by atoms with Gasteiger partial charge in [-0.15, -0.1) is 0 Å². The number of carbonyl (C=O) groups is 2. The molecule has 1 rings (SSSR count). The number of carboxylic acid groups (broad SMARTS) is 1. The van der Waals surface area contributed by atoms with Gasteiger partial charge in [0.1, 0.15) is 0 Å². The van der Waals surface area contributed by atoms with E-state index in [4.69, 9.17) is 0 Å². The highest BCUT2D eigenvalue weighted by Gasteiger charge is 2.41. The average Bonchev–Trinajstić information content (AvgIpc) is 2.46. The van der Waals surface area contributed by atoms with Crippen LogP contribution >= 0.6 is 0 Å². The van der Waals surface area contributed by atoms with E-state index >= 15 is 0 Å². The Labute approximate surface area is 128 Å². The molecule has 1 amide bonds. The summed E-state index contributed by atoms with van der Waals surface area (Å²) in [5, 5.41) is 12.3. The van der Waals surface area contributed by atoms with Crippen LogP contribution in [0, 0.1) is 5.41 Å². The highest BCUT2D eigenvalue weighted by Crippen LogP contribution is 2.39. The quantitative estimate of drug-likeness (QED) is 0.721. The average molecular weight is 298 g/mol. The monoisotopic (exact) mass is 298 g/mol. The SMILES string of the molecule is CCC(C)N(C)CCNC(=O)CC1(C(=O)O)CCCCC1. The number of hydrogen-bond acceptors (Lipinski definition) is 3. The molecule has 0 bridgehead atoms. The molecule has 0 aromatic carbocycles. The molecule has 5 nitrogen and oxygen atoms in total. The Hall–Kier alpha value is -1.10. The Bertz CT molecular complexity index is 351. The van der Waals surface area contributed by atoms with Crippen LogP contribution in [0.5, 0.6) is 0 Å². The van der Waals surface area contributed by atoms with Crippen molar-refractivity contribution in [1.82, 2.24) is 10.2 Å². The minimum atomic E-state index is -0.828. The maximum Gasteiger partial charge on any atom is 0.310 e. The van der Waals surface area contributed by atoms with Crippen LogP contribution < -0.4 is 5.32 Å². The van der Waals surface area contributed by atoms with Crippen molar-refractivity contribution in [3.05, 3.63) is 0 Å². The van der Waals surface area contributed by atoms with Crippen molar-refractivity contribution >= 4 is 11.9 Å². The van der Waals surface area contributed by atoms with Crippen molar-refractivity contribution in [1.29, 1.82) is 0 Å². The molecule has 0 radical (unpaired) electrons. The number of likely N-dealkylation sites (N-methyl/N-ethyl adjacent to an activating group) is 1. The van der Waals surface area contributed by atoms with Gasteiger partial charge < -0.3 is 15.3 Å². The summed E-state index contributed by atoms with van der Waals surface area (Å²) in [4.78, 5) is 25.8. The largest absolute Gasteiger partial charge is 0.481 e. The predicted molar refractivity (Wildman–Crippen MR) is 83.2 cm³/mol. The minimum absolute atomic E-state index is 0.120. The van der Waals surface area contributed by atoms with E-state index in [1.807, 2.05) is 7.05 Å². The number of hydrogen-bond donors (Lipinski definition) is 2. The normalized spacial score (nSPS) is 19.2. The summed E-state index contributed by atoms with van der Waals surface area (Å²) in [5.74, 6) is -0.939. The summed E-state index contributed by atoms with van der Waals surface area (Å²) in [6.45, 7) is 5.67. The summed E-state index contributed by atoms with van der Waals surface area (Å²) in [7, 11) is 2.04. The lowest BCUT2D eigenvalue weighted by molar-refractivity contribution is -0.154. The zero-order chi connectivity index (χ0) is 15.9. The number of amides is 1. The van der Waals surface area contributed by atoms with Crippen LogP contribution in [-0.2, 0) is 9.59 Å². The fraction of sp³-hybridized carbons (Fsp3) is 0.875. The summed E-state index contributed by atoms with van der Waals surface area (Å²) >= 11 is 0. The molecule has 2 N–H and O–H groups in total. The van der Waals surface area contributed by atoms with Crippen LogP contribution in [0.15, 0.2) is 0 Å². The molecule has 0 aromatic heterocycles. The van der Waals surface area contributed by atoms with Gasteiger partial charge in [-0.05, 0) is 33.2 Å². The van der Waals surface area contributed by atoms with Gasteiger partial charge in [-0.2, -0.15) is 0 Å². The Morgan fingerprint density at radius 1 is 1.29 bits per heavy atom. The molecular formula is C16H30N2O3. The minimum Gasteiger partial charge on any atom is -0.481 e. The number of aliphatic carboxylic acids is 1. The second-order valence-electron chi connectivity index (χ2n) is 6.41. The number of carboxylic acids is 1. The first kappa shape index (κ1) is 18.0. The first-order chi connectivity index (χ1) is 9.91. The lowest BCUT2D eigenvalue weighted by Gasteiger charge is -2.32. The zero-order valence-corrected chi connectivity index (χ0v) is 13.7. The van der Waals surface area contributed by atoms with E-state index in [0.717, 1.165) is 32.2 Å². The second-order valence-corrected chi connectivity index (χ2v) is 6.41. The molecule has 0 aliphatic heterocycles. The number of carbonyl (C=O) groups excluding carboxylic acids is 1. The fourth-order valence-electron chi connectivity index (χ4n) is 2.97. The van der Waals surface area contributed by atoms with Crippen LogP contribution in [0.4, 0.5) is 0 Å². The predicted octanol–water partition coefficient (Wildman–Crippen LogP) is 2.26. The summed E-state index contributed by atoms with van der Waals surface area (Å²) in [5.41, 5.74) is -0.828. The van der Waals surface area contributed by atoms with Gasteiger partial charge in [0.25, 0.3) is 0 Å². The van der Waals surface area contributed by atoms with E-state index in [1.54, 1.807) is 0 Å². The Kier molecular flexibility index (Phi) is 7.15. The first-order valence-electron chi connectivity index (χ1n) is 8.11. The number of nitrogens with zero attached hydrogens (tertiary/aromatic N) is 1. The lowest BCUT2D eigenvalue weighted by Crippen LogP contribution is -2.41. The third kappa shape index (κ3) is 5.30. The molecule has 1 aliphatic carbocycles. The molecule has 5 heteroatoms.